The Kier molecular flexibility index (Phi) is 3.27. The van der Waals surface area contributed by atoms with Crippen LogP contribution in [0.25, 0.3) is 0 Å². The third kappa shape index (κ3) is 2.51. The molecule has 0 amide bonds. The average molecular weight is 204 g/mol. The summed E-state index contributed by atoms with van der Waals surface area (Å²) >= 11 is 0. The molecule has 1 aromatic carbocycles. The minimum Gasteiger partial charge on any atom is -0.382 e. The van der Waals surface area contributed by atoms with E-state index in [2.05, 4.69) is 35.8 Å². The maximum atomic E-state index is 3.59. The molecule has 1 aliphatic heterocycles. The van der Waals surface area contributed by atoms with E-state index >= 15 is 0 Å². The molecule has 0 saturated carbocycles. The van der Waals surface area contributed by atoms with Crippen molar-refractivity contribution in [1.29, 1.82) is 0 Å². The molecular weight excluding hydrogens is 184 g/mol. The highest BCUT2D eigenvalue weighted by molar-refractivity contribution is 5.57. The Morgan fingerprint density at radius 3 is 3.13 bits per heavy atom. The van der Waals surface area contributed by atoms with Gasteiger partial charge in [-0.3, -0.25) is 0 Å². The lowest BCUT2D eigenvalue weighted by Crippen LogP contribution is -2.18. The Hall–Kier alpha value is -1.02. The normalized spacial score (nSPS) is 18.7. The molecule has 2 nitrogen and oxygen atoms in total. The molecule has 0 spiro atoms. The molecule has 15 heavy (non-hydrogen) atoms. The van der Waals surface area contributed by atoms with Crippen LogP contribution in [-0.2, 0) is 6.42 Å². The lowest BCUT2D eigenvalue weighted by Gasteiger charge is -2.10. The summed E-state index contributed by atoms with van der Waals surface area (Å²) in [5.41, 5.74) is 4.20. The van der Waals surface area contributed by atoms with Gasteiger partial charge in [-0.05, 0) is 51.4 Å². The second kappa shape index (κ2) is 4.67. The molecule has 0 radical (unpaired) electrons. The van der Waals surface area contributed by atoms with E-state index in [1.165, 1.54) is 36.1 Å². The molecule has 1 atom stereocenters. The van der Waals surface area contributed by atoms with Crippen LogP contribution in [0.3, 0.4) is 0 Å². The van der Waals surface area contributed by atoms with Crippen molar-refractivity contribution in [1.82, 2.24) is 5.32 Å². The highest BCUT2D eigenvalue weighted by Gasteiger charge is 2.19. The fourth-order valence-electron chi connectivity index (χ4n) is 2.27. The topological polar surface area (TPSA) is 24.1 Å². The van der Waals surface area contributed by atoms with E-state index in [9.17, 15) is 0 Å². The first-order chi connectivity index (χ1) is 7.29. The molecule has 0 aliphatic carbocycles. The van der Waals surface area contributed by atoms with Gasteiger partial charge in [-0.15, -0.1) is 0 Å². The van der Waals surface area contributed by atoms with E-state index in [1.807, 2.05) is 7.05 Å². The van der Waals surface area contributed by atoms with Crippen LogP contribution >= 0.6 is 0 Å². The Morgan fingerprint density at radius 2 is 2.33 bits per heavy atom. The standard InChI is InChI=1S/C13H20N2/c1-10-5-6-13-11(8-10)9-12(15-13)4-3-7-14-2/h5-6,8,12,14-15H,3-4,7,9H2,1-2H3. The zero-order chi connectivity index (χ0) is 10.7. The van der Waals surface area contributed by atoms with Crippen molar-refractivity contribution in [2.75, 3.05) is 18.9 Å². The maximum absolute atomic E-state index is 3.59. The largest absolute Gasteiger partial charge is 0.382 e. The summed E-state index contributed by atoms with van der Waals surface area (Å²) in [4.78, 5) is 0. The van der Waals surface area contributed by atoms with Crippen LogP contribution in [0.4, 0.5) is 5.69 Å². The second-order valence-electron chi connectivity index (χ2n) is 4.45. The summed E-state index contributed by atoms with van der Waals surface area (Å²) in [5, 5.41) is 6.79. The highest BCUT2D eigenvalue weighted by atomic mass is 14.9. The number of rotatable bonds is 4. The van der Waals surface area contributed by atoms with Gasteiger partial charge in [0.15, 0.2) is 0 Å². The number of nitrogens with one attached hydrogen (secondary N) is 2. The van der Waals surface area contributed by atoms with Gasteiger partial charge in [0.2, 0.25) is 0 Å². The van der Waals surface area contributed by atoms with Gasteiger partial charge < -0.3 is 10.6 Å². The van der Waals surface area contributed by atoms with Crippen LogP contribution in [0.2, 0.25) is 0 Å². The van der Waals surface area contributed by atoms with Gasteiger partial charge in [-0.2, -0.15) is 0 Å². The SMILES string of the molecule is CNCCCC1Cc2cc(C)ccc2N1. The zero-order valence-corrected chi connectivity index (χ0v) is 9.64. The van der Waals surface area contributed by atoms with Crippen molar-refractivity contribution in [3.8, 4) is 0 Å². The Labute approximate surface area is 92.1 Å². The van der Waals surface area contributed by atoms with E-state index in [0.717, 1.165) is 6.54 Å². The van der Waals surface area contributed by atoms with Crippen LogP contribution in [0, 0.1) is 6.92 Å². The van der Waals surface area contributed by atoms with Crippen molar-refractivity contribution in [2.45, 2.75) is 32.2 Å². The van der Waals surface area contributed by atoms with Gasteiger partial charge in [0.05, 0.1) is 0 Å². The summed E-state index contributed by atoms with van der Waals surface area (Å²) in [6.45, 7) is 3.28. The van der Waals surface area contributed by atoms with E-state index in [4.69, 9.17) is 0 Å². The smallest absolute Gasteiger partial charge is 0.0375 e. The summed E-state index contributed by atoms with van der Waals surface area (Å²) in [6, 6.07) is 7.35. The summed E-state index contributed by atoms with van der Waals surface area (Å²) in [7, 11) is 2.01. The molecular formula is C13H20N2. The van der Waals surface area contributed by atoms with Crippen LogP contribution in [-0.4, -0.2) is 19.6 Å². The number of hydrogen-bond donors (Lipinski definition) is 2. The molecule has 2 heteroatoms. The molecule has 1 aliphatic rings. The van der Waals surface area contributed by atoms with E-state index in [1.54, 1.807) is 0 Å². The monoisotopic (exact) mass is 204 g/mol. The van der Waals surface area contributed by atoms with Crippen molar-refractivity contribution in [3.05, 3.63) is 29.3 Å². The number of hydrogen-bond acceptors (Lipinski definition) is 2. The zero-order valence-electron chi connectivity index (χ0n) is 9.64. The van der Waals surface area contributed by atoms with Crippen LogP contribution in [0.1, 0.15) is 24.0 Å². The lowest BCUT2D eigenvalue weighted by atomic mass is 10.0. The number of aryl methyl sites for hydroxylation is 1. The molecule has 2 N–H and O–H groups in total. The Morgan fingerprint density at radius 1 is 1.47 bits per heavy atom. The van der Waals surface area contributed by atoms with Gasteiger partial charge in [0.25, 0.3) is 0 Å². The van der Waals surface area contributed by atoms with Crippen molar-refractivity contribution >= 4 is 5.69 Å². The lowest BCUT2D eigenvalue weighted by molar-refractivity contribution is 0.608. The molecule has 2 rings (SSSR count). The van der Waals surface area contributed by atoms with E-state index < -0.39 is 0 Å². The number of anilines is 1. The van der Waals surface area contributed by atoms with Crippen molar-refractivity contribution < 1.29 is 0 Å². The van der Waals surface area contributed by atoms with Gasteiger partial charge in [0, 0.05) is 11.7 Å². The van der Waals surface area contributed by atoms with Gasteiger partial charge in [-0.1, -0.05) is 17.7 Å². The predicted molar refractivity (Wildman–Crippen MR) is 65.5 cm³/mol. The molecule has 0 bridgehead atoms. The van der Waals surface area contributed by atoms with Crippen molar-refractivity contribution in [2.24, 2.45) is 0 Å². The molecule has 1 aromatic rings. The minimum atomic E-state index is 0.648. The molecule has 0 aromatic heterocycles. The first kappa shape index (κ1) is 10.5. The molecule has 1 unspecified atom stereocenters. The second-order valence-corrected chi connectivity index (χ2v) is 4.45. The van der Waals surface area contributed by atoms with E-state index in [-0.39, 0.29) is 0 Å². The Bertz CT molecular complexity index is 333. The third-order valence-corrected chi connectivity index (χ3v) is 3.07. The number of benzene rings is 1. The Balaban J connectivity index is 1.91. The minimum absolute atomic E-state index is 0.648. The maximum Gasteiger partial charge on any atom is 0.0375 e. The molecule has 0 saturated heterocycles. The first-order valence-corrected chi connectivity index (χ1v) is 5.80. The molecule has 1 heterocycles. The van der Waals surface area contributed by atoms with Crippen LogP contribution < -0.4 is 10.6 Å². The van der Waals surface area contributed by atoms with Crippen LogP contribution in [0.5, 0.6) is 0 Å². The molecule has 82 valence electrons. The summed E-state index contributed by atoms with van der Waals surface area (Å²) in [5.74, 6) is 0. The third-order valence-electron chi connectivity index (χ3n) is 3.07. The molecule has 0 fully saturated rings. The predicted octanol–water partition coefficient (Wildman–Crippen LogP) is 2.33. The quantitative estimate of drug-likeness (QED) is 0.736. The van der Waals surface area contributed by atoms with Gasteiger partial charge >= 0.3 is 0 Å². The van der Waals surface area contributed by atoms with Gasteiger partial charge in [-0.25, -0.2) is 0 Å². The fraction of sp³-hybridized carbons (Fsp3) is 0.538. The van der Waals surface area contributed by atoms with Crippen LogP contribution in [0.15, 0.2) is 18.2 Å². The van der Waals surface area contributed by atoms with Crippen molar-refractivity contribution in [3.63, 3.8) is 0 Å². The highest BCUT2D eigenvalue weighted by Crippen LogP contribution is 2.28. The summed E-state index contributed by atoms with van der Waals surface area (Å²) in [6.07, 6.45) is 3.70. The fourth-order valence-corrected chi connectivity index (χ4v) is 2.27. The van der Waals surface area contributed by atoms with Gasteiger partial charge in [0.1, 0.15) is 0 Å². The first-order valence-electron chi connectivity index (χ1n) is 5.80. The average Bonchev–Trinajstić information content (AvgIpc) is 2.60. The summed E-state index contributed by atoms with van der Waals surface area (Å²) < 4.78 is 0. The number of fused-ring (bicyclic) bond motifs is 1. The van der Waals surface area contributed by atoms with E-state index in [0.29, 0.717) is 6.04 Å².